The predicted octanol–water partition coefficient (Wildman–Crippen LogP) is 1.50. The summed E-state index contributed by atoms with van der Waals surface area (Å²) in [6.07, 6.45) is 1.89. The van der Waals surface area contributed by atoms with E-state index >= 15 is 0 Å². The average Bonchev–Trinajstić information content (AvgIpc) is 3.02. The monoisotopic (exact) mass is 260 g/mol. The summed E-state index contributed by atoms with van der Waals surface area (Å²) in [6.45, 7) is 1.07. The van der Waals surface area contributed by atoms with Crippen LogP contribution in [0.4, 0.5) is 5.69 Å². The SMILES string of the molecule is CNc1cccc2c1C(=O)N(CC1CCCO1)C2=O. The molecule has 100 valence electrons. The molecule has 1 aromatic carbocycles. The molecule has 0 bridgehead atoms. The van der Waals surface area contributed by atoms with Crippen LogP contribution in [-0.2, 0) is 4.74 Å². The Balaban J connectivity index is 1.90. The van der Waals surface area contributed by atoms with Gasteiger partial charge in [0, 0.05) is 19.3 Å². The zero-order valence-electron chi connectivity index (χ0n) is 10.8. The molecule has 2 heterocycles. The van der Waals surface area contributed by atoms with Crippen LogP contribution in [0.3, 0.4) is 0 Å². The number of anilines is 1. The van der Waals surface area contributed by atoms with Gasteiger partial charge < -0.3 is 10.1 Å². The number of carbonyl (C=O) groups is 2. The van der Waals surface area contributed by atoms with Gasteiger partial charge in [0.1, 0.15) is 0 Å². The van der Waals surface area contributed by atoms with Gasteiger partial charge in [-0.3, -0.25) is 14.5 Å². The zero-order chi connectivity index (χ0) is 13.4. The molecule has 19 heavy (non-hydrogen) atoms. The van der Waals surface area contributed by atoms with Crippen LogP contribution in [0.25, 0.3) is 0 Å². The first-order valence-electron chi connectivity index (χ1n) is 6.51. The molecule has 2 aliphatic heterocycles. The fourth-order valence-corrected chi connectivity index (χ4v) is 2.70. The van der Waals surface area contributed by atoms with Crippen LogP contribution in [0, 0.1) is 0 Å². The molecule has 1 saturated heterocycles. The maximum absolute atomic E-state index is 12.4. The maximum Gasteiger partial charge on any atom is 0.263 e. The minimum absolute atomic E-state index is 0.0137. The molecule has 1 aromatic rings. The Morgan fingerprint density at radius 1 is 1.37 bits per heavy atom. The largest absolute Gasteiger partial charge is 0.387 e. The summed E-state index contributed by atoms with van der Waals surface area (Å²) in [6, 6.07) is 5.29. The van der Waals surface area contributed by atoms with Crippen LogP contribution in [0.5, 0.6) is 0 Å². The summed E-state index contributed by atoms with van der Waals surface area (Å²) in [7, 11) is 1.75. The second kappa shape index (κ2) is 4.66. The number of benzene rings is 1. The van der Waals surface area contributed by atoms with E-state index in [2.05, 4.69) is 5.32 Å². The van der Waals surface area contributed by atoms with Gasteiger partial charge in [-0.05, 0) is 25.0 Å². The van der Waals surface area contributed by atoms with Gasteiger partial charge in [0.15, 0.2) is 0 Å². The van der Waals surface area contributed by atoms with Crippen molar-refractivity contribution in [2.45, 2.75) is 18.9 Å². The molecule has 0 saturated carbocycles. The Kier molecular flexibility index (Phi) is 2.98. The quantitative estimate of drug-likeness (QED) is 0.837. The third kappa shape index (κ3) is 1.90. The first-order valence-corrected chi connectivity index (χ1v) is 6.51. The standard InChI is InChI=1S/C14H16N2O3/c1-15-11-6-2-5-10-12(11)14(18)16(13(10)17)8-9-4-3-7-19-9/h2,5-6,9,15H,3-4,7-8H2,1H3. The van der Waals surface area contributed by atoms with Gasteiger partial charge in [-0.15, -0.1) is 0 Å². The number of hydrogen-bond donors (Lipinski definition) is 1. The van der Waals surface area contributed by atoms with Gasteiger partial charge in [0.2, 0.25) is 0 Å². The molecule has 0 radical (unpaired) electrons. The lowest BCUT2D eigenvalue weighted by atomic mass is 10.1. The summed E-state index contributed by atoms with van der Waals surface area (Å²) in [5, 5.41) is 2.96. The minimum Gasteiger partial charge on any atom is -0.387 e. The van der Waals surface area contributed by atoms with Gasteiger partial charge in [-0.1, -0.05) is 6.07 Å². The molecule has 5 nitrogen and oxygen atoms in total. The highest BCUT2D eigenvalue weighted by atomic mass is 16.5. The van der Waals surface area contributed by atoms with E-state index in [1.54, 1.807) is 25.2 Å². The molecule has 2 amide bonds. The number of hydrogen-bond acceptors (Lipinski definition) is 4. The minimum atomic E-state index is -0.222. The Hall–Kier alpha value is -1.88. The molecule has 2 aliphatic rings. The second-order valence-electron chi connectivity index (χ2n) is 4.83. The average molecular weight is 260 g/mol. The second-order valence-corrected chi connectivity index (χ2v) is 4.83. The summed E-state index contributed by atoms with van der Waals surface area (Å²) in [5.74, 6) is -0.437. The summed E-state index contributed by atoms with van der Waals surface area (Å²) < 4.78 is 5.51. The van der Waals surface area contributed by atoms with E-state index < -0.39 is 0 Å². The number of carbonyl (C=O) groups excluding carboxylic acids is 2. The molecule has 5 heteroatoms. The van der Waals surface area contributed by atoms with Crippen LogP contribution >= 0.6 is 0 Å². The molecule has 0 spiro atoms. The van der Waals surface area contributed by atoms with Crippen molar-refractivity contribution in [1.29, 1.82) is 0 Å². The molecular formula is C14H16N2O3. The van der Waals surface area contributed by atoms with Gasteiger partial charge in [-0.25, -0.2) is 0 Å². The van der Waals surface area contributed by atoms with Crippen LogP contribution < -0.4 is 5.32 Å². The van der Waals surface area contributed by atoms with Crippen molar-refractivity contribution in [3.63, 3.8) is 0 Å². The van der Waals surface area contributed by atoms with E-state index in [0.29, 0.717) is 23.4 Å². The number of nitrogens with zero attached hydrogens (tertiary/aromatic N) is 1. The van der Waals surface area contributed by atoms with E-state index in [9.17, 15) is 9.59 Å². The normalized spacial score (nSPS) is 21.9. The highest BCUT2D eigenvalue weighted by Gasteiger charge is 2.38. The van der Waals surface area contributed by atoms with Crippen molar-refractivity contribution in [3.8, 4) is 0 Å². The lowest BCUT2D eigenvalue weighted by Crippen LogP contribution is -2.36. The lowest BCUT2D eigenvalue weighted by molar-refractivity contribution is 0.0476. The van der Waals surface area contributed by atoms with Gasteiger partial charge in [0.05, 0.1) is 23.8 Å². The Morgan fingerprint density at radius 3 is 2.89 bits per heavy atom. The highest BCUT2D eigenvalue weighted by molar-refractivity contribution is 6.23. The Bertz CT molecular complexity index is 535. The number of fused-ring (bicyclic) bond motifs is 1. The van der Waals surface area contributed by atoms with Crippen LogP contribution in [-0.4, -0.2) is 43.0 Å². The molecular weight excluding hydrogens is 244 g/mol. The summed E-state index contributed by atoms with van der Waals surface area (Å²) in [4.78, 5) is 26.0. The third-order valence-electron chi connectivity index (χ3n) is 3.68. The third-order valence-corrected chi connectivity index (χ3v) is 3.68. The van der Waals surface area contributed by atoms with Crippen molar-refractivity contribution in [1.82, 2.24) is 4.90 Å². The predicted molar refractivity (Wildman–Crippen MR) is 70.3 cm³/mol. The van der Waals surface area contributed by atoms with Crippen molar-refractivity contribution < 1.29 is 14.3 Å². The molecule has 1 fully saturated rings. The fourth-order valence-electron chi connectivity index (χ4n) is 2.70. The number of rotatable bonds is 3. The van der Waals surface area contributed by atoms with Gasteiger partial charge >= 0.3 is 0 Å². The number of ether oxygens (including phenoxy) is 1. The first kappa shape index (κ1) is 12.2. The fraction of sp³-hybridized carbons (Fsp3) is 0.429. The van der Waals surface area contributed by atoms with Crippen molar-refractivity contribution in [2.75, 3.05) is 25.5 Å². The molecule has 0 aliphatic carbocycles. The Morgan fingerprint density at radius 2 is 2.21 bits per heavy atom. The summed E-state index contributed by atoms with van der Waals surface area (Å²) >= 11 is 0. The van der Waals surface area contributed by atoms with Crippen molar-refractivity contribution in [2.24, 2.45) is 0 Å². The molecule has 1 atom stereocenters. The molecule has 1 N–H and O–H groups in total. The number of amides is 2. The van der Waals surface area contributed by atoms with Crippen molar-refractivity contribution >= 4 is 17.5 Å². The summed E-state index contributed by atoms with van der Waals surface area (Å²) in [5.41, 5.74) is 1.66. The van der Waals surface area contributed by atoms with Gasteiger partial charge in [0.25, 0.3) is 11.8 Å². The van der Waals surface area contributed by atoms with Crippen LogP contribution in [0.15, 0.2) is 18.2 Å². The topological polar surface area (TPSA) is 58.6 Å². The molecule has 3 rings (SSSR count). The van der Waals surface area contributed by atoms with E-state index in [1.807, 2.05) is 0 Å². The Labute approximate surface area is 111 Å². The van der Waals surface area contributed by atoms with E-state index in [-0.39, 0.29) is 17.9 Å². The van der Waals surface area contributed by atoms with Crippen LogP contribution in [0.1, 0.15) is 33.6 Å². The number of nitrogens with one attached hydrogen (secondary N) is 1. The van der Waals surface area contributed by atoms with E-state index in [4.69, 9.17) is 4.74 Å². The van der Waals surface area contributed by atoms with E-state index in [0.717, 1.165) is 19.4 Å². The van der Waals surface area contributed by atoms with Gasteiger partial charge in [-0.2, -0.15) is 0 Å². The lowest BCUT2D eigenvalue weighted by Gasteiger charge is -2.18. The molecule has 1 unspecified atom stereocenters. The zero-order valence-corrected chi connectivity index (χ0v) is 10.8. The highest BCUT2D eigenvalue weighted by Crippen LogP contribution is 2.30. The van der Waals surface area contributed by atoms with Crippen LogP contribution in [0.2, 0.25) is 0 Å². The number of imide groups is 1. The maximum atomic E-state index is 12.4. The first-order chi connectivity index (χ1) is 9.22. The molecule has 0 aromatic heterocycles. The smallest absolute Gasteiger partial charge is 0.263 e. The van der Waals surface area contributed by atoms with Crippen molar-refractivity contribution in [3.05, 3.63) is 29.3 Å². The van der Waals surface area contributed by atoms with E-state index in [1.165, 1.54) is 4.90 Å².